The van der Waals surface area contributed by atoms with E-state index in [2.05, 4.69) is 15.2 Å². The first kappa shape index (κ1) is 16.6. The first-order valence-electron chi connectivity index (χ1n) is 9.88. The number of aromatic amines is 1. The Morgan fingerprint density at radius 2 is 2.00 bits per heavy atom. The van der Waals surface area contributed by atoms with Crippen molar-refractivity contribution >= 4 is 16.8 Å². The molecule has 2 aliphatic rings. The zero-order valence-corrected chi connectivity index (χ0v) is 15.0. The number of hydrogen-bond donors (Lipinski definition) is 2. The number of fused-ring (bicyclic) bond motifs is 1. The second-order valence-corrected chi connectivity index (χ2v) is 7.86. The molecule has 2 N–H and O–H groups in total. The third-order valence-corrected chi connectivity index (χ3v) is 5.90. The number of carbonyl (C=O) groups is 1. The number of H-pyrrole nitrogens is 1. The van der Waals surface area contributed by atoms with Crippen LogP contribution in [0.15, 0.2) is 30.5 Å². The van der Waals surface area contributed by atoms with Crippen molar-refractivity contribution in [2.24, 2.45) is 5.92 Å². The summed E-state index contributed by atoms with van der Waals surface area (Å²) in [4.78, 5) is 18.4. The van der Waals surface area contributed by atoms with E-state index in [-0.39, 0.29) is 11.9 Å². The third kappa shape index (κ3) is 4.06. The Labute approximate surface area is 150 Å². The summed E-state index contributed by atoms with van der Waals surface area (Å²) < 4.78 is 0. The molecule has 0 radical (unpaired) electrons. The smallest absolute Gasteiger partial charge is 0.251 e. The summed E-state index contributed by atoms with van der Waals surface area (Å²) in [6.45, 7) is 3.43. The van der Waals surface area contributed by atoms with E-state index in [9.17, 15) is 4.79 Å². The summed E-state index contributed by atoms with van der Waals surface area (Å²) >= 11 is 0. The SMILES string of the molecule is O=C(NC1CCCN(CC2CCCCC2)C1)c1ccc2[nH]ccc2c1. The number of hydrogen-bond acceptors (Lipinski definition) is 2. The highest BCUT2D eigenvalue weighted by Crippen LogP contribution is 2.25. The van der Waals surface area contributed by atoms with Crippen molar-refractivity contribution in [3.63, 3.8) is 0 Å². The molecule has 1 saturated carbocycles. The second-order valence-electron chi connectivity index (χ2n) is 7.86. The summed E-state index contributed by atoms with van der Waals surface area (Å²) in [6, 6.07) is 8.17. The van der Waals surface area contributed by atoms with Gasteiger partial charge in [0.15, 0.2) is 0 Å². The zero-order valence-electron chi connectivity index (χ0n) is 15.0. The summed E-state index contributed by atoms with van der Waals surface area (Å²) in [5.41, 5.74) is 1.84. The molecule has 1 aliphatic heterocycles. The molecule has 1 atom stereocenters. The fraction of sp³-hybridized carbons (Fsp3) is 0.571. The summed E-state index contributed by atoms with van der Waals surface area (Å²) in [6.07, 6.45) is 11.2. The number of benzene rings is 1. The van der Waals surface area contributed by atoms with Gasteiger partial charge in [-0.15, -0.1) is 0 Å². The van der Waals surface area contributed by atoms with Gasteiger partial charge in [-0.3, -0.25) is 4.79 Å². The molecule has 4 nitrogen and oxygen atoms in total. The highest BCUT2D eigenvalue weighted by molar-refractivity contribution is 5.98. The van der Waals surface area contributed by atoms with E-state index in [1.54, 1.807) is 0 Å². The van der Waals surface area contributed by atoms with Crippen molar-refractivity contribution in [1.29, 1.82) is 0 Å². The highest BCUT2D eigenvalue weighted by Gasteiger charge is 2.24. The molecular weight excluding hydrogens is 310 g/mol. The van der Waals surface area contributed by atoms with Gasteiger partial charge in [-0.25, -0.2) is 0 Å². The normalized spacial score (nSPS) is 23.0. The second kappa shape index (κ2) is 7.61. The molecule has 1 unspecified atom stereocenters. The Hall–Kier alpha value is -1.81. The van der Waals surface area contributed by atoms with Crippen molar-refractivity contribution in [3.05, 3.63) is 36.0 Å². The molecule has 0 bridgehead atoms. The largest absolute Gasteiger partial charge is 0.361 e. The minimum atomic E-state index is 0.0626. The van der Waals surface area contributed by atoms with E-state index >= 15 is 0 Å². The van der Waals surface area contributed by atoms with Crippen LogP contribution in [0, 0.1) is 5.92 Å². The lowest BCUT2D eigenvalue weighted by Crippen LogP contribution is -2.48. The monoisotopic (exact) mass is 339 g/mol. The molecule has 4 rings (SSSR count). The number of amides is 1. The number of rotatable bonds is 4. The van der Waals surface area contributed by atoms with Gasteiger partial charge in [-0.05, 0) is 62.4 Å². The molecule has 134 valence electrons. The van der Waals surface area contributed by atoms with Crippen LogP contribution in [0.25, 0.3) is 10.9 Å². The van der Waals surface area contributed by atoms with E-state index in [0.717, 1.165) is 35.3 Å². The Balaban J connectivity index is 1.33. The fourth-order valence-corrected chi connectivity index (χ4v) is 4.54. The van der Waals surface area contributed by atoms with Gasteiger partial charge in [0, 0.05) is 41.8 Å². The van der Waals surface area contributed by atoms with Crippen LogP contribution < -0.4 is 5.32 Å². The minimum Gasteiger partial charge on any atom is -0.361 e. The van der Waals surface area contributed by atoms with E-state index in [1.807, 2.05) is 30.5 Å². The number of carbonyl (C=O) groups excluding carboxylic acids is 1. The highest BCUT2D eigenvalue weighted by atomic mass is 16.1. The van der Waals surface area contributed by atoms with Crippen LogP contribution >= 0.6 is 0 Å². The Kier molecular flexibility index (Phi) is 5.07. The van der Waals surface area contributed by atoms with Gasteiger partial charge in [-0.2, -0.15) is 0 Å². The lowest BCUT2D eigenvalue weighted by atomic mass is 9.88. The molecule has 2 fully saturated rings. The number of likely N-dealkylation sites (tertiary alicyclic amines) is 1. The Morgan fingerprint density at radius 1 is 1.12 bits per heavy atom. The van der Waals surface area contributed by atoms with Gasteiger partial charge >= 0.3 is 0 Å². The van der Waals surface area contributed by atoms with Crippen LogP contribution in [0.2, 0.25) is 0 Å². The molecule has 2 aromatic rings. The number of aromatic nitrogens is 1. The predicted molar refractivity (Wildman–Crippen MR) is 102 cm³/mol. The molecule has 4 heteroatoms. The predicted octanol–water partition coefficient (Wildman–Crippen LogP) is 3.94. The van der Waals surface area contributed by atoms with Crippen molar-refractivity contribution in [1.82, 2.24) is 15.2 Å². The maximum absolute atomic E-state index is 12.6. The molecule has 1 amide bonds. The molecule has 2 heterocycles. The van der Waals surface area contributed by atoms with Crippen molar-refractivity contribution in [2.45, 2.75) is 51.0 Å². The molecule has 0 spiro atoms. The zero-order chi connectivity index (χ0) is 17.1. The first-order chi connectivity index (χ1) is 12.3. The van der Waals surface area contributed by atoms with E-state index in [0.29, 0.717) is 0 Å². The maximum atomic E-state index is 12.6. The van der Waals surface area contributed by atoms with Crippen molar-refractivity contribution < 1.29 is 4.79 Å². The number of nitrogens with zero attached hydrogens (tertiary/aromatic N) is 1. The molecular formula is C21H29N3O. The Morgan fingerprint density at radius 3 is 2.88 bits per heavy atom. The van der Waals surface area contributed by atoms with Crippen molar-refractivity contribution in [3.8, 4) is 0 Å². The summed E-state index contributed by atoms with van der Waals surface area (Å²) in [7, 11) is 0. The van der Waals surface area contributed by atoms with Gasteiger partial charge < -0.3 is 15.2 Å². The summed E-state index contributed by atoms with van der Waals surface area (Å²) in [5, 5.41) is 4.36. The van der Waals surface area contributed by atoms with Gasteiger partial charge in [-0.1, -0.05) is 19.3 Å². The lowest BCUT2D eigenvalue weighted by molar-refractivity contribution is 0.0890. The molecule has 1 aromatic heterocycles. The van der Waals surface area contributed by atoms with Gasteiger partial charge in [0.25, 0.3) is 5.91 Å². The van der Waals surface area contributed by atoms with E-state index < -0.39 is 0 Å². The average molecular weight is 339 g/mol. The van der Waals surface area contributed by atoms with Crippen LogP contribution in [0.1, 0.15) is 55.3 Å². The van der Waals surface area contributed by atoms with Gasteiger partial charge in [0.05, 0.1) is 0 Å². The first-order valence-corrected chi connectivity index (χ1v) is 9.88. The maximum Gasteiger partial charge on any atom is 0.251 e. The van der Waals surface area contributed by atoms with Gasteiger partial charge in [0.2, 0.25) is 0 Å². The standard InChI is InChI=1S/C21H29N3O/c25-21(18-8-9-20-17(13-18)10-11-22-20)23-19-7-4-12-24(15-19)14-16-5-2-1-3-6-16/h8-11,13,16,19,22H,1-7,12,14-15H2,(H,23,25). The molecule has 1 saturated heterocycles. The summed E-state index contributed by atoms with van der Waals surface area (Å²) in [5.74, 6) is 0.937. The topological polar surface area (TPSA) is 48.1 Å². The fourth-order valence-electron chi connectivity index (χ4n) is 4.54. The van der Waals surface area contributed by atoms with Crippen molar-refractivity contribution in [2.75, 3.05) is 19.6 Å². The number of nitrogens with one attached hydrogen (secondary N) is 2. The van der Waals surface area contributed by atoms with E-state index in [1.165, 1.54) is 51.6 Å². The van der Waals surface area contributed by atoms with Crippen LogP contribution in [-0.2, 0) is 0 Å². The van der Waals surface area contributed by atoms with Gasteiger partial charge in [0.1, 0.15) is 0 Å². The lowest BCUT2D eigenvalue weighted by Gasteiger charge is -2.36. The quantitative estimate of drug-likeness (QED) is 0.886. The van der Waals surface area contributed by atoms with Crippen LogP contribution in [0.5, 0.6) is 0 Å². The molecule has 25 heavy (non-hydrogen) atoms. The average Bonchev–Trinajstić information content (AvgIpc) is 3.10. The minimum absolute atomic E-state index is 0.0626. The van der Waals surface area contributed by atoms with E-state index in [4.69, 9.17) is 0 Å². The van der Waals surface area contributed by atoms with Crippen LogP contribution in [0.4, 0.5) is 0 Å². The van der Waals surface area contributed by atoms with Crippen LogP contribution in [0.3, 0.4) is 0 Å². The molecule has 1 aromatic carbocycles. The number of piperidine rings is 1. The Bertz CT molecular complexity index is 717. The molecule has 1 aliphatic carbocycles. The third-order valence-electron chi connectivity index (χ3n) is 5.90. The van der Waals surface area contributed by atoms with Crippen LogP contribution in [-0.4, -0.2) is 41.5 Å².